The third-order valence-corrected chi connectivity index (χ3v) is 3.27. The summed E-state index contributed by atoms with van der Waals surface area (Å²) in [6.45, 7) is 4.06. The molecule has 1 fully saturated rings. The summed E-state index contributed by atoms with van der Waals surface area (Å²) in [6.07, 6.45) is 6.39. The summed E-state index contributed by atoms with van der Waals surface area (Å²) in [5.74, 6) is 0.177. The summed E-state index contributed by atoms with van der Waals surface area (Å²) in [5.41, 5.74) is 6.23. The van der Waals surface area contributed by atoms with E-state index in [0.29, 0.717) is 13.0 Å². The summed E-state index contributed by atoms with van der Waals surface area (Å²) >= 11 is 0. The van der Waals surface area contributed by atoms with Gasteiger partial charge in [-0.3, -0.25) is 9.48 Å². The molecule has 1 saturated heterocycles. The van der Waals surface area contributed by atoms with Crippen LogP contribution >= 0.6 is 0 Å². The summed E-state index contributed by atoms with van der Waals surface area (Å²) in [5, 5.41) is 7.06. The van der Waals surface area contributed by atoms with E-state index < -0.39 is 0 Å². The van der Waals surface area contributed by atoms with Gasteiger partial charge in [0.15, 0.2) is 0 Å². The van der Waals surface area contributed by atoms with Crippen molar-refractivity contribution in [2.75, 3.05) is 18.5 Å². The normalized spacial score (nSPS) is 20.4. The first-order valence-corrected chi connectivity index (χ1v) is 6.81. The summed E-state index contributed by atoms with van der Waals surface area (Å²) < 4.78 is 7.37. The molecule has 2 rings (SSSR count). The number of amides is 1. The average molecular weight is 266 g/mol. The molecule has 0 bridgehead atoms. The number of nitrogens with one attached hydrogen (secondary N) is 1. The molecule has 0 aromatic carbocycles. The van der Waals surface area contributed by atoms with Gasteiger partial charge in [-0.1, -0.05) is 6.92 Å². The predicted octanol–water partition coefficient (Wildman–Crippen LogP) is 0.985. The van der Waals surface area contributed by atoms with Gasteiger partial charge in [-0.15, -0.1) is 0 Å². The second-order valence-corrected chi connectivity index (χ2v) is 5.18. The highest BCUT2D eigenvalue weighted by molar-refractivity contribution is 5.90. The van der Waals surface area contributed by atoms with Crippen LogP contribution in [0.4, 0.5) is 5.69 Å². The number of anilines is 1. The standard InChI is InChI=1S/C13H22N4O2/c1-10(6-14)5-13(18)16-11-7-15-17(8-11)9-12-3-2-4-19-12/h7-8,10,12H,2-6,9,14H2,1H3,(H,16,18). The molecule has 1 aromatic heterocycles. The Balaban J connectivity index is 1.81. The van der Waals surface area contributed by atoms with Crippen molar-refractivity contribution in [2.45, 2.75) is 38.8 Å². The molecule has 6 nitrogen and oxygen atoms in total. The summed E-state index contributed by atoms with van der Waals surface area (Å²) in [4.78, 5) is 11.7. The number of hydrogen-bond acceptors (Lipinski definition) is 4. The minimum atomic E-state index is -0.0189. The lowest BCUT2D eigenvalue weighted by molar-refractivity contribution is -0.116. The molecule has 3 N–H and O–H groups in total. The Morgan fingerprint density at radius 2 is 2.58 bits per heavy atom. The zero-order valence-corrected chi connectivity index (χ0v) is 11.3. The first-order valence-electron chi connectivity index (χ1n) is 6.81. The fourth-order valence-corrected chi connectivity index (χ4v) is 2.14. The first-order chi connectivity index (χ1) is 9.17. The maximum Gasteiger partial charge on any atom is 0.224 e. The number of hydrogen-bond donors (Lipinski definition) is 2. The van der Waals surface area contributed by atoms with Crippen LogP contribution in [-0.4, -0.2) is 34.9 Å². The molecule has 2 heterocycles. The molecule has 0 saturated carbocycles. The number of rotatable bonds is 6. The second kappa shape index (κ2) is 6.68. The van der Waals surface area contributed by atoms with E-state index in [2.05, 4.69) is 10.4 Å². The van der Waals surface area contributed by atoms with Crippen molar-refractivity contribution in [2.24, 2.45) is 11.7 Å². The van der Waals surface area contributed by atoms with Crippen molar-refractivity contribution in [1.29, 1.82) is 0 Å². The smallest absolute Gasteiger partial charge is 0.224 e. The van der Waals surface area contributed by atoms with Gasteiger partial charge in [0.2, 0.25) is 5.91 Å². The molecule has 1 aliphatic rings. The highest BCUT2D eigenvalue weighted by Crippen LogP contribution is 2.15. The van der Waals surface area contributed by atoms with Crippen molar-refractivity contribution in [3.05, 3.63) is 12.4 Å². The molecule has 1 amide bonds. The van der Waals surface area contributed by atoms with Crippen LogP contribution < -0.4 is 11.1 Å². The Kier molecular flexibility index (Phi) is 4.93. The molecule has 19 heavy (non-hydrogen) atoms. The minimum absolute atomic E-state index is 0.0189. The summed E-state index contributed by atoms with van der Waals surface area (Å²) in [6, 6.07) is 0. The highest BCUT2D eigenvalue weighted by atomic mass is 16.5. The highest BCUT2D eigenvalue weighted by Gasteiger charge is 2.16. The van der Waals surface area contributed by atoms with Crippen LogP contribution in [0.15, 0.2) is 12.4 Å². The number of nitrogens with two attached hydrogens (primary N) is 1. The van der Waals surface area contributed by atoms with Crippen LogP contribution in [-0.2, 0) is 16.1 Å². The monoisotopic (exact) mass is 266 g/mol. The molecule has 0 radical (unpaired) electrons. The zero-order valence-electron chi connectivity index (χ0n) is 11.3. The number of ether oxygens (including phenoxy) is 1. The molecule has 1 aliphatic heterocycles. The van der Waals surface area contributed by atoms with Crippen molar-refractivity contribution in [3.8, 4) is 0 Å². The van der Waals surface area contributed by atoms with Crippen LogP contribution in [0.5, 0.6) is 0 Å². The van der Waals surface area contributed by atoms with Gasteiger partial charge in [0.25, 0.3) is 0 Å². The van der Waals surface area contributed by atoms with Gasteiger partial charge in [0.05, 0.1) is 24.5 Å². The van der Waals surface area contributed by atoms with Crippen LogP contribution in [0.1, 0.15) is 26.2 Å². The van der Waals surface area contributed by atoms with Crippen molar-refractivity contribution >= 4 is 11.6 Å². The van der Waals surface area contributed by atoms with E-state index in [-0.39, 0.29) is 17.9 Å². The molecule has 0 aliphatic carbocycles. The van der Waals surface area contributed by atoms with Gasteiger partial charge in [-0.25, -0.2) is 0 Å². The predicted molar refractivity (Wildman–Crippen MR) is 72.7 cm³/mol. The fourth-order valence-electron chi connectivity index (χ4n) is 2.14. The molecular weight excluding hydrogens is 244 g/mol. The third kappa shape index (κ3) is 4.33. The van der Waals surface area contributed by atoms with E-state index in [1.807, 2.05) is 17.8 Å². The lowest BCUT2D eigenvalue weighted by atomic mass is 10.1. The Morgan fingerprint density at radius 3 is 3.26 bits per heavy atom. The van der Waals surface area contributed by atoms with E-state index in [0.717, 1.165) is 31.7 Å². The van der Waals surface area contributed by atoms with Gasteiger partial charge in [0, 0.05) is 19.2 Å². The first kappa shape index (κ1) is 14.0. The number of aromatic nitrogens is 2. The molecule has 106 valence electrons. The Labute approximate surface area is 113 Å². The molecule has 0 spiro atoms. The quantitative estimate of drug-likeness (QED) is 0.804. The van der Waals surface area contributed by atoms with Crippen LogP contribution in [0, 0.1) is 5.92 Å². The lowest BCUT2D eigenvalue weighted by Gasteiger charge is -2.09. The molecular formula is C13H22N4O2. The second-order valence-electron chi connectivity index (χ2n) is 5.18. The third-order valence-electron chi connectivity index (χ3n) is 3.27. The number of carbonyl (C=O) groups is 1. The van der Waals surface area contributed by atoms with Gasteiger partial charge < -0.3 is 15.8 Å². The fraction of sp³-hybridized carbons (Fsp3) is 0.692. The Bertz CT molecular complexity index is 413. The van der Waals surface area contributed by atoms with E-state index in [9.17, 15) is 4.79 Å². The largest absolute Gasteiger partial charge is 0.376 e. The molecule has 2 atom stereocenters. The van der Waals surface area contributed by atoms with Crippen LogP contribution in [0.3, 0.4) is 0 Å². The molecule has 2 unspecified atom stereocenters. The van der Waals surface area contributed by atoms with E-state index in [1.165, 1.54) is 0 Å². The Hall–Kier alpha value is -1.40. The van der Waals surface area contributed by atoms with E-state index >= 15 is 0 Å². The SMILES string of the molecule is CC(CN)CC(=O)Nc1cnn(CC2CCCO2)c1. The zero-order chi connectivity index (χ0) is 13.7. The molecule has 6 heteroatoms. The van der Waals surface area contributed by atoms with Gasteiger partial charge in [-0.2, -0.15) is 5.10 Å². The maximum absolute atomic E-state index is 11.7. The topological polar surface area (TPSA) is 82.2 Å². The molecule has 1 aromatic rings. The minimum Gasteiger partial charge on any atom is -0.376 e. The van der Waals surface area contributed by atoms with Crippen LogP contribution in [0.25, 0.3) is 0 Å². The summed E-state index contributed by atoms with van der Waals surface area (Å²) in [7, 11) is 0. The van der Waals surface area contributed by atoms with Crippen molar-refractivity contribution < 1.29 is 9.53 Å². The Morgan fingerprint density at radius 1 is 1.74 bits per heavy atom. The van der Waals surface area contributed by atoms with Crippen molar-refractivity contribution in [3.63, 3.8) is 0 Å². The van der Waals surface area contributed by atoms with Gasteiger partial charge >= 0.3 is 0 Å². The van der Waals surface area contributed by atoms with Gasteiger partial charge in [-0.05, 0) is 25.3 Å². The number of carbonyl (C=O) groups excluding carboxylic acids is 1. The number of nitrogens with zero attached hydrogens (tertiary/aromatic N) is 2. The van der Waals surface area contributed by atoms with Crippen molar-refractivity contribution in [1.82, 2.24) is 9.78 Å². The van der Waals surface area contributed by atoms with E-state index in [1.54, 1.807) is 6.20 Å². The van der Waals surface area contributed by atoms with E-state index in [4.69, 9.17) is 10.5 Å². The van der Waals surface area contributed by atoms with Crippen LogP contribution in [0.2, 0.25) is 0 Å². The average Bonchev–Trinajstić information content (AvgIpc) is 3.01. The van der Waals surface area contributed by atoms with Gasteiger partial charge in [0.1, 0.15) is 0 Å². The maximum atomic E-state index is 11.7. The lowest BCUT2D eigenvalue weighted by Crippen LogP contribution is -2.20.